The van der Waals surface area contributed by atoms with Crippen LogP contribution in [0.5, 0.6) is 5.75 Å². The predicted molar refractivity (Wildman–Crippen MR) is 86.3 cm³/mol. The molecular formula is C17H18N2O3. The smallest absolute Gasteiger partial charge is 0.259 e. The van der Waals surface area contributed by atoms with Gasteiger partial charge in [0.25, 0.3) is 5.91 Å². The molecule has 2 aromatic rings. The van der Waals surface area contributed by atoms with Gasteiger partial charge in [0, 0.05) is 18.3 Å². The maximum absolute atomic E-state index is 12.3. The van der Waals surface area contributed by atoms with Crippen LogP contribution in [0.4, 0.5) is 11.4 Å². The van der Waals surface area contributed by atoms with Crippen molar-refractivity contribution in [2.24, 2.45) is 0 Å². The molecule has 2 amide bonds. The number of nitrogens with one attached hydrogen (secondary N) is 2. The van der Waals surface area contributed by atoms with E-state index < -0.39 is 5.91 Å². The summed E-state index contributed by atoms with van der Waals surface area (Å²) in [4.78, 5) is 23.3. The molecule has 0 aromatic heterocycles. The number of amides is 2. The zero-order chi connectivity index (χ0) is 16.3. The van der Waals surface area contributed by atoms with Gasteiger partial charge in [-0.15, -0.1) is 0 Å². The number of hydrogen-bond donors (Lipinski definition) is 3. The fraction of sp³-hybridized carbons (Fsp3) is 0.176. The van der Waals surface area contributed by atoms with Crippen molar-refractivity contribution in [3.8, 4) is 5.75 Å². The topological polar surface area (TPSA) is 78.4 Å². The van der Waals surface area contributed by atoms with Crippen LogP contribution in [0.15, 0.2) is 36.4 Å². The van der Waals surface area contributed by atoms with E-state index in [0.717, 1.165) is 5.56 Å². The number of aromatic hydroxyl groups is 1. The van der Waals surface area contributed by atoms with E-state index in [1.165, 1.54) is 6.92 Å². The molecule has 2 aromatic carbocycles. The molecule has 0 fully saturated rings. The Kier molecular flexibility index (Phi) is 4.46. The molecular weight excluding hydrogens is 280 g/mol. The molecule has 0 bridgehead atoms. The van der Waals surface area contributed by atoms with E-state index in [-0.39, 0.29) is 17.2 Å². The molecule has 0 spiro atoms. The van der Waals surface area contributed by atoms with Crippen molar-refractivity contribution in [2.75, 3.05) is 10.6 Å². The van der Waals surface area contributed by atoms with Gasteiger partial charge in [-0.3, -0.25) is 9.59 Å². The van der Waals surface area contributed by atoms with Crippen molar-refractivity contribution in [3.05, 3.63) is 53.1 Å². The standard InChI is InChI=1S/C17H18N2O3/c1-10-7-8-15(16(21)11(10)2)17(22)19-14-6-4-5-13(9-14)18-12(3)20/h4-9,21H,1-3H3,(H,18,20)(H,19,22). The fourth-order valence-corrected chi connectivity index (χ4v) is 2.06. The number of rotatable bonds is 3. The van der Waals surface area contributed by atoms with Crippen LogP contribution >= 0.6 is 0 Å². The number of carbonyl (C=O) groups is 2. The largest absolute Gasteiger partial charge is 0.507 e. The maximum Gasteiger partial charge on any atom is 0.259 e. The Hall–Kier alpha value is -2.82. The number of anilines is 2. The molecule has 0 aliphatic heterocycles. The minimum atomic E-state index is -0.402. The summed E-state index contributed by atoms with van der Waals surface area (Å²) in [5, 5.41) is 15.4. The number of hydrogen-bond acceptors (Lipinski definition) is 3. The van der Waals surface area contributed by atoms with Crippen LogP contribution in [-0.4, -0.2) is 16.9 Å². The Balaban J connectivity index is 2.22. The summed E-state index contributed by atoms with van der Waals surface area (Å²) in [7, 11) is 0. The Bertz CT molecular complexity index is 739. The van der Waals surface area contributed by atoms with Crippen molar-refractivity contribution in [1.29, 1.82) is 0 Å². The SMILES string of the molecule is CC(=O)Nc1cccc(NC(=O)c2ccc(C)c(C)c2O)c1. The van der Waals surface area contributed by atoms with Crippen molar-refractivity contribution >= 4 is 23.2 Å². The van der Waals surface area contributed by atoms with Gasteiger partial charge < -0.3 is 15.7 Å². The first-order valence-corrected chi connectivity index (χ1v) is 6.86. The molecule has 0 unspecified atom stereocenters. The van der Waals surface area contributed by atoms with Crippen LogP contribution in [0.25, 0.3) is 0 Å². The quantitative estimate of drug-likeness (QED) is 0.814. The van der Waals surface area contributed by atoms with Crippen LogP contribution in [-0.2, 0) is 4.79 Å². The third kappa shape index (κ3) is 3.44. The molecule has 0 saturated heterocycles. The second-order valence-corrected chi connectivity index (χ2v) is 5.12. The molecule has 5 heteroatoms. The Morgan fingerprint density at radius 3 is 2.27 bits per heavy atom. The Morgan fingerprint density at radius 1 is 1.00 bits per heavy atom. The summed E-state index contributed by atoms with van der Waals surface area (Å²) in [6.07, 6.45) is 0. The molecule has 0 aliphatic rings. The van der Waals surface area contributed by atoms with Crippen molar-refractivity contribution < 1.29 is 14.7 Å². The minimum Gasteiger partial charge on any atom is -0.507 e. The summed E-state index contributed by atoms with van der Waals surface area (Å²) in [6.45, 7) is 5.05. The normalized spacial score (nSPS) is 10.1. The first-order valence-electron chi connectivity index (χ1n) is 6.86. The summed E-state index contributed by atoms with van der Waals surface area (Å²) < 4.78 is 0. The van der Waals surface area contributed by atoms with E-state index in [0.29, 0.717) is 16.9 Å². The van der Waals surface area contributed by atoms with Crippen LogP contribution in [0.2, 0.25) is 0 Å². The number of benzene rings is 2. The lowest BCUT2D eigenvalue weighted by Gasteiger charge is -2.11. The van der Waals surface area contributed by atoms with Gasteiger partial charge in [0.05, 0.1) is 5.56 Å². The highest BCUT2D eigenvalue weighted by atomic mass is 16.3. The molecule has 0 radical (unpaired) electrons. The van der Waals surface area contributed by atoms with E-state index in [4.69, 9.17) is 0 Å². The zero-order valence-corrected chi connectivity index (χ0v) is 12.7. The second-order valence-electron chi connectivity index (χ2n) is 5.12. The summed E-state index contributed by atoms with van der Waals surface area (Å²) in [6, 6.07) is 10.2. The lowest BCUT2D eigenvalue weighted by atomic mass is 10.0. The third-order valence-electron chi connectivity index (χ3n) is 3.39. The lowest BCUT2D eigenvalue weighted by Crippen LogP contribution is -2.13. The number of phenols is 1. The molecule has 0 aliphatic carbocycles. The monoisotopic (exact) mass is 298 g/mol. The van der Waals surface area contributed by atoms with Gasteiger partial charge in [-0.05, 0) is 49.2 Å². The number of aryl methyl sites for hydroxylation is 1. The van der Waals surface area contributed by atoms with Crippen LogP contribution in [0.3, 0.4) is 0 Å². The van der Waals surface area contributed by atoms with E-state index >= 15 is 0 Å². The molecule has 0 atom stereocenters. The fourth-order valence-electron chi connectivity index (χ4n) is 2.06. The van der Waals surface area contributed by atoms with E-state index in [9.17, 15) is 14.7 Å². The molecule has 114 valence electrons. The van der Waals surface area contributed by atoms with Gasteiger partial charge in [-0.1, -0.05) is 12.1 Å². The second kappa shape index (κ2) is 6.30. The van der Waals surface area contributed by atoms with Gasteiger partial charge in [-0.25, -0.2) is 0 Å². The summed E-state index contributed by atoms with van der Waals surface area (Å²) in [5.74, 6) is -0.605. The maximum atomic E-state index is 12.3. The zero-order valence-electron chi connectivity index (χ0n) is 12.7. The summed E-state index contributed by atoms with van der Waals surface area (Å²) >= 11 is 0. The van der Waals surface area contributed by atoms with Gasteiger partial charge in [0.15, 0.2) is 0 Å². The first kappa shape index (κ1) is 15.6. The van der Waals surface area contributed by atoms with Crippen molar-refractivity contribution in [3.63, 3.8) is 0 Å². The van der Waals surface area contributed by atoms with Gasteiger partial charge >= 0.3 is 0 Å². The number of phenolic OH excluding ortho intramolecular Hbond substituents is 1. The molecule has 0 saturated carbocycles. The average Bonchev–Trinajstić information content (AvgIpc) is 2.44. The Labute approximate surface area is 129 Å². The Morgan fingerprint density at radius 2 is 1.64 bits per heavy atom. The highest BCUT2D eigenvalue weighted by Crippen LogP contribution is 2.26. The molecule has 3 N–H and O–H groups in total. The van der Waals surface area contributed by atoms with Crippen molar-refractivity contribution in [2.45, 2.75) is 20.8 Å². The summed E-state index contributed by atoms with van der Waals surface area (Å²) in [5.41, 5.74) is 2.94. The van der Waals surface area contributed by atoms with Gasteiger partial charge in [-0.2, -0.15) is 0 Å². The van der Waals surface area contributed by atoms with Gasteiger partial charge in [0.1, 0.15) is 5.75 Å². The van der Waals surface area contributed by atoms with E-state index in [1.54, 1.807) is 43.3 Å². The highest BCUT2D eigenvalue weighted by molar-refractivity contribution is 6.06. The molecule has 5 nitrogen and oxygen atoms in total. The predicted octanol–water partition coefficient (Wildman–Crippen LogP) is 3.22. The van der Waals surface area contributed by atoms with Crippen molar-refractivity contribution in [1.82, 2.24) is 0 Å². The molecule has 2 rings (SSSR count). The molecule has 22 heavy (non-hydrogen) atoms. The van der Waals surface area contributed by atoms with Gasteiger partial charge in [0.2, 0.25) is 5.91 Å². The van der Waals surface area contributed by atoms with Crippen LogP contribution in [0, 0.1) is 13.8 Å². The number of carbonyl (C=O) groups excluding carboxylic acids is 2. The first-order chi connectivity index (χ1) is 10.4. The third-order valence-corrected chi connectivity index (χ3v) is 3.39. The van der Waals surface area contributed by atoms with E-state index in [2.05, 4.69) is 10.6 Å². The molecule has 0 heterocycles. The van der Waals surface area contributed by atoms with Crippen LogP contribution < -0.4 is 10.6 Å². The minimum absolute atomic E-state index is 0.0180. The van der Waals surface area contributed by atoms with Crippen LogP contribution in [0.1, 0.15) is 28.4 Å². The van der Waals surface area contributed by atoms with E-state index in [1.807, 2.05) is 6.92 Å². The lowest BCUT2D eigenvalue weighted by molar-refractivity contribution is -0.114. The highest BCUT2D eigenvalue weighted by Gasteiger charge is 2.14. The average molecular weight is 298 g/mol.